The third kappa shape index (κ3) is 4.25. The number of amides is 4. The molecule has 3 aliphatic rings. The quantitative estimate of drug-likeness (QED) is 0.754. The molecule has 3 fully saturated rings. The first-order chi connectivity index (χ1) is 14.5. The standard InChI is InChI=1S/C23H29N3O4/c27-20(12-15-26-22(29)18-8-4-5-9-19(18)23(26)30)25-13-10-16(11-14-25)21(28)24-17-6-2-1-3-7-17/h1-3,6-7,16,18-19H,4-5,8-15H2,(H,24,28)/t18-,19-/m1/s1. The monoisotopic (exact) mass is 411 g/mol. The summed E-state index contributed by atoms with van der Waals surface area (Å²) in [6.07, 6.45) is 4.99. The van der Waals surface area contributed by atoms with Crippen molar-refractivity contribution < 1.29 is 19.2 Å². The number of anilines is 1. The molecule has 0 bridgehead atoms. The second-order valence-electron chi connectivity index (χ2n) is 8.59. The Morgan fingerprint density at radius 1 is 0.900 bits per heavy atom. The topological polar surface area (TPSA) is 86.8 Å². The predicted octanol–water partition coefficient (Wildman–Crippen LogP) is 2.43. The number of hydrogen-bond donors (Lipinski definition) is 1. The maximum atomic E-state index is 12.6. The van der Waals surface area contributed by atoms with Gasteiger partial charge in [-0.3, -0.25) is 24.1 Å². The number of hydrogen-bond acceptors (Lipinski definition) is 4. The van der Waals surface area contributed by atoms with E-state index in [1.165, 1.54) is 4.90 Å². The molecule has 30 heavy (non-hydrogen) atoms. The Kier molecular flexibility index (Phi) is 6.16. The number of rotatable bonds is 5. The summed E-state index contributed by atoms with van der Waals surface area (Å²) in [5.74, 6) is -0.682. The van der Waals surface area contributed by atoms with Crippen molar-refractivity contribution in [3.05, 3.63) is 30.3 Å². The van der Waals surface area contributed by atoms with Crippen molar-refractivity contribution in [2.24, 2.45) is 17.8 Å². The van der Waals surface area contributed by atoms with E-state index >= 15 is 0 Å². The van der Waals surface area contributed by atoms with E-state index in [1.807, 2.05) is 30.3 Å². The fourth-order valence-corrected chi connectivity index (χ4v) is 4.97. The number of piperidine rings is 1. The first-order valence-electron chi connectivity index (χ1n) is 11.0. The molecule has 4 amide bonds. The van der Waals surface area contributed by atoms with Crippen LogP contribution >= 0.6 is 0 Å². The van der Waals surface area contributed by atoms with E-state index in [0.29, 0.717) is 25.9 Å². The zero-order valence-corrected chi connectivity index (χ0v) is 17.2. The molecule has 7 nitrogen and oxygen atoms in total. The van der Waals surface area contributed by atoms with Crippen molar-refractivity contribution in [2.75, 3.05) is 25.0 Å². The summed E-state index contributed by atoms with van der Waals surface area (Å²) in [4.78, 5) is 53.2. The van der Waals surface area contributed by atoms with Crippen molar-refractivity contribution in [1.29, 1.82) is 0 Å². The Labute approximate surface area is 176 Å². The Hall–Kier alpha value is -2.70. The molecule has 160 valence electrons. The summed E-state index contributed by atoms with van der Waals surface area (Å²) in [7, 11) is 0. The van der Waals surface area contributed by atoms with Crippen LogP contribution in [0, 0.1) is 17.8 Å². The highest BCUT2D eigenvalue weighted by atomic mass is 16.2. The van der Waals surface area contributed by atoms with Gasteiger partial charge in [-0.05, 0) is 37.8 Å². The molecule has 0 radical (unpaired) electrons. The number of benzene rings is 1. The predicted molar refractivity (Wildman–Crippen MR) is 111 cm³/mol. The zero-order valence-electron chi connectivity index (χ0n) is 17.2. The normalized spacial score (nSPS) is 24.7. The number of fused-ring (bicyclic) bond motifs is 1. The largest absolute Gasteiger partial charge is 0.343 e. The average molecular weight is 412 g/mol. The lowest BCUT2D eigenvalue weighted by molar-refractivity contribution is -0.141. The van der Waals surface area contributed by atoms with E-state index in [0.717, 1.165) is 31.4 Å². The second kappa shape index (κ2) is 8.98. The van der Waals surface area contributed by atoms with Crippen LogP contribution in [0.4, 0.5) is 5.69 Å². The van der Waals surface area contributed by atoms with Gasteiger partial charge in [0, 0.05) is 37.7 Å². The molecule has 1 aliphatic carbocycles. The lowest BCUT2D eigenvalue weighted by atomic mass is 9.81. The maximum absolute atomic E-state index is 12.6. The molecule has 0 spiro atoms. The smallest absolute Gasteiger partial charge is 0.233 e. The molecule has 1 N–H and O–H groups in total. The molecule has 2 aliphatic heterocycles. The van der Waals surface area contributed by atoms with Gasteiger partial charge < -0.3 is 10.2 Å². The fraction of sp³-hybridized carbons (Fsp3) is 0.565. The molecule has 1 saturated carbocycles. The zero-order chi connectivity index (χ0) is 21.1. The van der Waals surface area contributed by atoms with Crippen LogP contribution in [0.1, 0.15) is 44.9 Å². The molecular weight excluding hydrogens is 382 g/mol. The van der Waals surface area contributed by atoms with Gasteiger partial charge in [-0.15, -0.1) is 0 Å². The van der Waals surface area contributed by atoms with Crippen LogP contribution in [0.5, 0.6) is 0 Å². The molecule has 4 rings (SSSR count). The van der Waals surface area contributed by atoms with Crippen LogP contribution in [0.2, 0.25) is 0 Å². The number of para-hydroxylation sites is 1. The highest BCUT2D eigenvalue weighted by Crippen LogP contribution is 2.38. The van der Waals surface area contributed by atoms with E-state index in [-0.39, 0.29) is 54.3 Å². The number of carbonyl (C=O) groups is 4. The number of nitrogens with zero attached hydrogens (tertiary/aromatic N) is 2. The van der Waals surface area contributed by atoms with Gasteiger partial charge in [0.05, 0.1) is 11.8 Å². The van der Waals surface area contributed by atoms with E-state index in [1.54, 1.807) is 4.90 Å². The summed E-state index contributed by atoms with van der Waals surface area (Å²) in [5.41, 5.74) is 0.779. The second-order valence-corrected chi connectivity index (χ2v) is 8.59. The van der Waals surface area contributed by atoms with Crippen molar-refractivity contribution in [2.45, 2.75) is 44.9 Å². The van der Waals surface area contributed by atoms with Gasteiger partial charge in [0.2, 0.25) is 23.6 Å². The Morgan fingerprint density at radius 2 is 1.50 bits per heavy atom. The Bertz CT molecular complexity index is 793. The van der Waals surface area contributed by atoms with Gasteiger partial charge in [-0.2, -0.15) is 0 Å². The van der Waals surface area contributed by atoms with Crippen molar-refractivity contribution in [3.8, 4) is 0 Å². The van der Waals surface area contributed by atoms with Gasteiger partial charge in [-0.25, -0.2) is 0 Å². The minimum atomic E-state index is -0.166. The summed E-state index contributed by atoms with van der Waals surface area (Å²) < 4.78 is 0. The summed E-state index contributed by atoms with van der Waals surface area (Å²) in [6.45, 7) is 1.23. The van der Waals surface area contributed by atoms with Crippen molar-refractivity contribution in [1.82, 2.24) is 9.80 Å². The minimum absolute atomic E-state index is 0.0100. The Balaban J connectivity index is 1.23. The van der Waals surface area contributed by atoms with E-state index in [9.17, 15) is 19.2 Å². The van der Waals surface area contributed by atoms with E-state index in [4.69, 9.17) is 0 Å². The van der Waals surface area contributed by atoms with Crippen LogP contribution in [-0.2, 0) is 19.2 Å². The fourth-order valence-electron chi connectivity index (χ4n) is 4.97. The summed E-state index contributed by atoms with van der Waals surface area (Å²) >= 11 is 0. The Morgan fingerprint density at radius 3 is 2.10 bits per heavy atom. The maximum Gasteiger partial charge on any atom is 0.233 e. The lowest BCUT2D eigenvalue weighted by Gasteiger charge is -2.31. The molecule has 2 heterocycles. The first kappa shape index (κ1) is 20.6. The molecule has 7 heteroatoms. The number of likely N-dealkylation sites (tertiary alicyclic amines) is 2. The van der Waals surface area contributed by atoms with E-state index < -0.39 is 0 Å². The third-order valence-electron chi connectivity index (χ3n) is 6.74. The SMILES string of the molecule is O=C(Nc1ccccc1)C1CCN(C(=O)CCN2C(=O)[C@@H]3CCCC[C@H]3C2=O)CC1. The van der Waals surface area contributed by atoms with Crippen LogP contribution in [0.25, 0.3) is 0 Å². The molecule has 0 aromatic heterocycles. The highest BCUT2D eigenvalue weighted by Gasteiger charge is 2.47. The van der Waals surface area contributed by atoms with Crippen LogP contribution in [0.15, 0.2) is 30.3 Å². The molecule has 1 aromatic carbocycles. The van der Waals surface area contributed by atoms with Gasteiger partial charge >= 0.3 is 0 Å². The van der Waals surface area contributed by atoms with Crippen LogP contribution in [-0.4, -0.2) is 53.1 Å². The molecule has 0 unspecified atom stereocenters. The third-order valence-corrected chi connectivity index (χ3v) is 6.74. The van der Waals surface area contributed by atoms with Crippen LogP contribution < -0.4 is 5.32 Å². The lowest BCUT2D eigenvalue weighted by Crippen LogP contribution is -2.43. The summed E-state index contributed by atoms with van der Waals surface area (Å²) in [6, 6.07) is 9.36. The van der Waals surface area contributed by atoms with Gasteiger partial charge in [0.15, 0.2) is 0 Å². The number of carbonyl (C=O) groups excluding carboxylic acids is 4. The average Bonchev–Trinajstić information content (AvgIpc) is 3.03. The van der Waals surface area contributed by atoms with Crippen LogP contribution in [0.3, 0.4) is 0 Å². The van der Waals surface area contributed by atoms with Gasteiger partial charge in [0.1, 0.15) is 0 Å². The molecule has 2 atom stereocenters. The minimum Gasteiger partial charge on any atom is -0.343 e. The van der Waals surface area contributed by atoms with Gasteiger partial charge in [0.25, 0.3) is 0 Å². The van der Waals surface area contributed by atoms with Crippen molar-refractivity contribution in [3.63, 3.8) is 0 Å². The molecular formula is C23H29N3O4. The van der Waals surface area contributed by atoms with Crippen molar-refractivity contribution >= 4 is 29.3 Å². The molecule has 2 saturated heterocycles. The van der Waals surface area contributed by atoms with Gasteiger partial charge in [-0.1, -0.05) is 31.0 Å². The first-order valence-corrected chi connectivity index (χ1v) is 11.0. The summed E-state index contributed by atoms with van der Waals surface area (Å²) in [5, 5.41) is 2.93. The van der Waals surface area contributed by atoms with E-state index in [2.05, 4.69) is 5.32 Å². The highest BCUT2D eigenvalue weighted by molar-refractivity contribution is 6.05. The number of imide groups is 1. The number of nitrogens with one attached hydrogen (secondary N) is 1. The molecule has 1 aromatic rings.